The monoisotopic (exact) mass is 294 g/mol. The topological polar surface area (TPSA) is 15.3 Å². The zero-order valence-electron chi connectivity index (χ0n) is 10.1. The molecule has 0 bridgehead atoms. The number of halogens is 1. The van der Waals surface area contributed by atoms with Crippen LogP contribution in [0, 0.1) is 0 Å². The number of fused-ring (bicyclic) bond motifs is 1. The minimum Gasteiger partial charge on any atom is -0.315 e. The Bertz CT molecular complexity index is 397. The largest absolute Gasteiger partial charge is 0.315 e. The Hall–Kier alpha value is -0.380. The number of rotatable bonds is 1. The van der Waals surface area contributed by atoms with Gasteiger partial charge in [0.05, 0.1) is 0 Å². The summed E-state index contributed by atoms with van der Waals surface area (Å²) in [6, 6.07) is 7.32. The first-order valence-electron chi connectivity index (χ1n) is 6.58. The first kappa shape index (κ1) is 11.7. The second-order valence-corrected chi connectivity index (χ2v) is 5.86. The second-order valence-electron chi connectivity index (χ2n) is 5.00. The lowest BCUT2D eigenvalue weighted by Crippen LogP contribution is -2.31. The molecule has 0 saturated carbocycles. The molecule has 3 heteroatoms. The van der Waals surface area contributed by atoms with E-state index in [1.54, 1.807) is 5.56 Å². The first-order chi connectivity index (χ1) is 8.36. The van der Waals surface area contributed by atoms with Crippen LogP contribution in [0.2, 0.25) is 0 Å². The molecule has 1 atom stereocenters. The molecule has 1 heterocycles. The lowest BCUT2D eigenvalue weighted by molar-refractivity contribution is 0.210. The highest BCUT2D eigenvalue weighted by Gasteiger charge is 2.28. The molecular weight excluding hydrogens is 276 g/mol. The van der Waals surface area contributed by atoms with Crippen molar-refractivity contribution in [1.82, 2.24) is 10.2 Å². The first-order valence-corrected chi connectivity index (χ1v) is 7.37. The van der Waals surface area contributed by atoms with Crippen LogP contribution >= 0.6 is 15.9 Å². The minimum atomic E-state index is 0.655. The maximum Gasteiger partial charge on any atom is 0.0354 e. The van der Waals surface area contributed by atoms with E-state index in [1.807, 2.05) is 0 Å². The van der Waals surface area contributed by atoms with Crippen LogP contribution in [0.25, 0.3) is 0 Å². The van der Waals surface area contributed by atoms with Gasteiger partial charge in [0.25, 0.3) is 0 Å². The lowest BCUT2D eigenvalue weighted by atomic mass is 10.1. The minimum absolute atomic E-state index is 0.655. The van der Waals surface area contributed by atoms with Crippen molar-refractivity contribution >= 4 is 15.9 Å². The van der Waals surface area contributed by atoms with Crippen molar-refractivity contribution in [2.45, 2.75) is 25.3 Å². The van der Waals surface area contributed by atoms with Gasteiger partial charge in [0.1, 0.15) is 0 Å². The smallest absolute Gasteiger partial charge is 0.0354 e. The molecule has 92 valence electrons. The molecule has 0 spiro atoms. The summed E-state index contributed by atoms with van der Waals surface area (Å²) in [4.78, 5) is 2.66. The molecular formula is C14H19BrN2. The molecule has 0 aromatic heterocycles. The van der Waals surface area contributed by atoms with Crippen LogP contribution in [0.3, 0.4) is 0 Å². The summed E-state index contributed by atoms with van der Waals surface area (Å²) in [7, 11) is 0. The maximum atomic E-state index is 3.68. The zero-order valence-corrected chi connectivity index (χ0v) is 11.7. The standard InChI is InChI=1S/C14H19BrN2/c15-13-4-1-3-12-11(13)5-6-14(12)17-9-2-7-16-8-10-17/h1,3-4,14,16H,2,5-10H2. The Morgan fingerprint density at radius 2 is 2.18 bits per heavy atom. The van der Waals surface area contributed by atoms with Crippen molar-refractivity contribution in [1.29, 1.82) is 0 Å². The summed E-state index contributed by atoms with van der Waals surface area (Å²) < 4.78 is 1.30. The summed E-state index contributed by atoms with van der Waals surface area (Å²) in [5.74, 6) is 0. The predicted molar refractivity (Wildman–Crippen MR) is 74.3 cm³/mol. The summed E-state index contributed by atoms with van der Waals surface area (Å²) >= 11 is 3.68. The number of nitrogens with one attached hydrogen (secondary N) is 1. The van der Waals surface area contributed by atoms with Gasteiger partial charge in [0, 0.05) is 30.1 Å². The molecule has 1 aromatic carbocycles. The third-order valence-corrected chi connectivity index (χ3v) is 4.74. The van der Waals surface area contributed by atoms with Crippen LogP contribution in [0.1, 0.15) is 30.0 Å². The van der Waals surface area contributed by atoms with Gasteiger partial charge in [-0.1, -0.05) is 28.1 Å². The maximum absolute atomic E-state index is 3.68. The molecule has 1 fully saturated rings. The normalized spacial score (nSPS) is 25.6. The molecule has 1 N–H and O–H groups in total. The number of hydrogen-bond donors (Lipinski definition) is 1. The van der Waals surface area contributed by atoms with E-state index < -0.39 is 0 Å². The molecule has 2 nitrogen and oxygen atoms in total. The van der Waals surface area contributed by atoms with E-state index in [-0.39, 0.29) is 0 Å². The zero-order chi connectivity index (χ0) is 11.7. The molecule has 3 rings (SSSR count). The summed E-state index contributed by atoms with van der Waals surface area (Å²) in [6.07, 6.45) is 3.79. The second kappa shape index (κ2) is 5.09. The van der Waals surface area contributed by atoms with E-state index in [0.29, 0.717) is 6.04 Å². The van der Waals surface area contributed by atoms with Gasteiger partial charge < -0.3 is 5.32 Å². The molecule has 0 amide bonds. The van der Waals surface area contributed by atoms with Crippen LogP contribution in [-0.2, 0) is 6.42 Å². The van der Waals surface area contributed by atoms with Gasteiger partial charge >= 0.3 is 0 Å². The molecule has 2 aliphatic rings. The predicted octanol–water partition coefficient (Wildman–Crippen LogP) is 2.73. The quantitative estimate of drug-likeness (QED) is 0.857. The lowest BCUT2D eigenvalue weighted by Gasteiger charge is -2.27. The number of nitrogens with zero attached hydrogens (tertiary/aromatic N) is 1. The Morgan fingerprint density at radius 1 is 1.24 bits per heavy atom. The van der Waals surface area contributed by atoms with Crippen molar-refractivity contribution in [3.05, 3.63) is 33.8 Å². The number of benzene rings is 1. The molecule has 1 aliphatic heterocycles. The van der Waals surface area contributed by atoms with Gasteiger partial charge in [-0.25, -0.2) is 0 Å². The van der Waals surface area contributed by atoms with Gasteiger partial charge in [-0.05, 0) is 43.0 Å². The van der Waals surface area contributed by atoms with Crippen molar-refractivity contribution in [3.8, 4) is 0 Å². The van der Waals surface area contributed by atoms with Crippen molar-refractivity contribution in [2.75, 3.05) is 26.2 Å². The van der Waals surface area contributed by atoms with E-state index in [2.05, 4.69) is 44.3 Å². The highest BCUT2D eigenvalue weighted by molar-refractivity contribution is 9.10. The number of hydrogen-bond acceptors (Lipinski definition) is 2. The fourth-order valence-corrected chi connectivity index (χ4v) is 3.73. The van der Waals surface area contributed by atoms with E-state index in [1.165, 1.54) is 48.9 Å². The van der Waals surface area contributed by atoms with Crippen LogP contribution in [0.4, 0.5) is 0 Å². The van der Waals surface area contributed by atoms with E-state index >= 15 is 0 Å². The SMILES string of the molecule is Brc1cccc2c1CCC2N1CCCNCC1. The Balaban J connectivity index is 1.84. The molecule has 1 aromatic rings. The molecule has 17 heavy (non-hydrogen) atoms. The summed E-state index contributed by atoms with van der Waals surface area (Å²) in [5.41, 5.74) is 3.09. The van der Waals surface area contributed by atoms with E-state index in [9.17, 15) is 0 Å². The van der Waals surface area contributed by atoms with Gasteiger partial charge in [0.15, 0.2) is 0 Å². The van der Waals surface area contributed by atoms with E-state index in [4.69, 9.17) is 0 Å². The highest BCUT2D eigenvalue weighted by atomic mass is 79.9. The van der Waals surface area contributed by atoms with Crippen LogP contribution in [-0.4, -0.2) is 31.1 Å². The summed E-state index contributed by atoms with van der Waals surface area (Å²) in [6.45, 7) is 4.74. The van der Waals surface area contributed by atoms with Crippen LogP contribution < -0.4 is 5.32 Å². The molecule has 1 unspecified atom stereocenters. The third kappa shape index (κ3) is 2.28. The fraction of sp³-hybridized carbons (Fsp3) is 0.571. The van der Waals surface area contributed by atoms with E-state index in [0.717, 1.165) is 6.54 Å². The fourth-order valence-electron chi connectivity index (χ4n) is 3.15. The van der Waals surface area contributed by atoms with Gasteiger partial charge in [0.2, 0.25) is 0 Å². The Morgan fingerprint density at radius 3 is 3.12 bits per heavy atom. The Kier molecular flexibility index (Phi) is 3.50. The van der Waals surface area contributed by atoms with Gasteiger partial charge in [-0.3, -0.25) is 4.90 Å². The average Bonchev–Trinajstić information content (AvgIpc) is 2.59. The Labute approximate surface area is 112 Å². The van der Waals surface area contributed by atoms with Crippen molar-refractivity contribution < 1.29 is 0 Å². The highest BCUT2D eigenvalue weighted by Crippen LogP contribution is 2.39. The van der Waals surface area contributed by atoms with Gasteiger partial charge in [-0.15, -0.1) is 0 Å². The van der Waals surface area contributed by atoms with Crippen LogP contribution in [0.5, 0.6) is 0 Å². The average molecular weight is 295 g/mol. The molecule has 1 aliphatic carbocycles. The van der Waals surface area contributed by atoms with Crippen molar-refractivity contribution in [3.63, 3.8) is 0 Å². The van der Waals surface area contributed by atoms with Gasteiger partial charge in [-0.2, -0.15) is 0 Å². The molecule has 0 radical (unpaired) electrons. The summed E-state index contributed by atoms with van der Waals surface area (Å²) in [5, 5.41) is 3.49. The molecule has 1 saturated heterocycles. The third-order valence-electron chi connectivity index (χ3n) is 4.00. The van der Waals surface area contributed by atoms with Crippen LogP contribution in [0.15, 0.2) is 22.7 Å². The van der Waals surface area contributed by atoms with Crippen molar-refractivity contribution in [2.24, 2.45) is 0 Å².